The number of hydrogen-bond donors (Lipinski definition) is 1. The summed E-state index contributed by atoms with van der Waals surface area (Å²) in [7, 11) is 0. The van der Waals surface area contributed by atoms with E-state index in [-0.39, 0.29) is 36.1 Å². The molecule has 0 radical (unpaired) electrons. The van der Waals surface area contributed by atoms with Crippen LogP contribution < -0.4 is 5.32 Å². The van der Waals surface area contributed by atoms with Crippen LogP contribution in [-0.4, -0.2) is 47.2 Å². The zero-order chi connectivity index (χ0) is 21.7. The molecule has 6 heteroatoms. The number of hydrogen-bond acceptors (Lipinski definition) is 3. The number of rotatable bonds is 7. The molecule has 158 valence electrons. The zero-order valence-corrected chi connectivity index (χ0v) is 17.8. The van der Waals surface area contributed by atoms with E-state index in [1.54, 1.807) is 34.1 Å². The summed E-state index contributed by atoms with van der Waals surface area (Å²) < 4.78 is 0. The van der Waals surface area contributed by atoms with Gasteiger partial charge in [-0.3, -0.25) is 14.4 Å². The molecule has 0 saturated carbocycles. The van der Waals surface area contributed by atoms with Crippen molar-refractivity contribution in [1.29, 1.82) is 0 Å². The second-order valence-electron chi connectivity index (χ2n) is 7.58. The van der Waals surface area contributed by atoms with Gasteiger partial charge in [0.15, 0.2) is 0 Å². The van der Waals surface area contributed by atoms with Crippen molar-refractivity contribution in [3.05, 3.63) is 65.7 Å². The van der Waals surface area contributed by atoms with Crippen molar-refractivity contribution >= 4 is 23.4 Å². The minimum Gasteiger partial charge on any atom is -0.339 e. The number of anilines is 1. The smallest absolute Gasteiger partial charge is 0.253 e. The molecule has 30 heavy (non-hydrogen) atoms. The fraction of sp³-hybridized carbons (Fsp3) is 0.375. The molecule has 0 aromatic heterocycles. The number of carbonyl (C=O) groups is 3. The normalized spacial score (nSPS) is 17.0. The Morgan fingerprint density at radius 3 is 2.30 bits per heavy atom. The van der Waals surface area contributed by atoms with Crippen LogP contribution in [0.3, 0.4) is 0 Å². The van der Waals surface area contributed by atoms with Gasteiger partial charge in [0.2, 0.25) is 11.8 Å². The summed E-state index contributed by atoms with van der Waals surface area (Å²) in [5.41, 5.74) is 2.27. The van der Waals surface area contributed by atoms with Gasteiger partial charge in [0.05, 0.1) is 12.0 Å². The van der Waals surface area contributed by atoms with Crippen molar-refractivity contribution in [3.8, 4) is 0 Å². The minimum atomic E-state index is -0.388. The summed E-state index contributed by atoms with van der Waals surface area (Å²) in [5.74, 6) is -0.592. The van der Waals surface area contributed by atoms with Crippen LogP contribution >= 0.6 is 0 Å². The van der Waals surface area contributed by atoms with E-state index in [1.165, 1.54) is 0 Å². The largest absolute Gasteiger partial charge is 0.339 e. The molecule has 3 rings (SSSR count). The molecule has 1 heterocycles. The van der Waals surface area contributed by atoms with Gasteiger partial charge in [-0.25, -0.2) is 0 Å². The molecule has 1 saturated heterocycles. The van der Waals surface area contributed by atoms with Crippen LogP contribution in [0.15, 0.2) is 54.6 Å². The van der Waals surface area contributed by atoms with Crippen molar-refractivity contribution in [3.63, 3.8) is 0 Å². The van der Waals surface area contributed by atoms with E-state index in [2.05, 4.69) is 5.32 Å². The van der Waals surface area contributed by atoms with Gasteiger partial charge >= 0.3 is 0 Å². The fourth-order valence-corrected chi connectivity index (χ4v) is 3.83. The first kappa shape index (κ1) is 21.6. The SMILES string of the molecule is CCN(CC)C(=O)c1ccc(NC(=O)[C@H]2CC(=O)N([C@@H](C)c3ccccc3)C2)cc1. The fourth-order valence-electron chi connectivity index (χ4n) is 3.83. The maximum Gasteiger partial charge on any atom is 0.253 e. The van der Waals surface area contributed by atoms with Gasteiger partial charge in [-0.15, -0.1) is 0 Å². The Hall–Kier alpha value is -3.15. The third-order valence-electron chi connectivity index (χ3n) is 5.73. The van der Waals surface area contributed by atoms with Crippen LogP contribution in [0.1, 0.15) is 49.2 Å². The second kappa shape index (κ2) is 9.57. The highest BCUT2D eigenvalue weighted by Crippen LogP contribution is 2.29. The van der Waals surface area contributed by atoms with E-state index in [1.807, 2.05) is 51.1 Å². The topological polar surface area (TPSA) is 69.7 Å². The van der Waals surface area contributed by atoms with Crippen molar-refractivity contribution in [2.45, 2.75) is 33.2 Å². The first-order valence-corrected chi connectivity index (χ1v) is 10.5. The van der Waals surface area contributed by atoms with Crippen LogP contribution in [0, 0.1) is 5.92 Å². The highest BCUT2D eigenvalue weighted by molar-refractivity contribution is 5.98. The number of nitrogens with zero attached hydrogens (tertiary/aromatic N) is 2. The molecule has 0 bridgehead atoms. The predicted octanol–water partition coefficient (Wildman–Crippen LogP) is 3.72. The summed E-state index contributed by atoms with van der Waals surface area (Å²) in [5, 5.41) is 2.88. The molecule has 1 N–H and O–H groups in total. The van der Waals surface area contributed by atoms with E-state index in [4.69, 9.17) is 0 Å². The van der Waals surface area contributed by atoms with Crippen LogP contribution in [0.5, 0.6) is 0 Å². The molecule has 6 nitrogen and oxygen atoms in total. The molecule has 3 amide bonds. The van der Waals surface area contributed by atoms with Crippen molar-refractivity contribution in [2.75, 3.05) is 25.0 Å². The maximum atomic E-state index is 12.7. The average molecular weight is 408 g/mol. The number of nitrogens with one attached hydrogen (secondary N) is 1. The van der Waals surface area contributed by atoms with Crippen molar-refractivity contribution < 1.29 is 14.4 Å². The molecule has 0 aliphatic carbocycles. The summed E-state index contributed by atoms with van der Waals surface area (Å²) in [6, 6.07) is 16.7. The van der Waals surface area contributed by atoms with Gasteiger partial charge in [0, 0.05) is 37.3 Å². The Balaban J connectivity index is 1.61. The molecule has 0 unspecified atom stereocenters. The van der Waals surface area contributed by atoms with Gasteiger partial charge in [-0.05, 0) is 50.6 Å². The van der Waals surface area contributed by atoms with Gasteiger partial charge in [-0.2, -0.15) is 0 Å². The summed E-state index contributed by atoms with van der Waals surface area (Å²) in [6.45, 7) is 7.59. The van der Waals surface area contributed by atoms with E-state index >= 15 is 0 Å². The van der Waals surface area contributed by atoms with E-state index in [0.29, 0.717) is 30.9 Å². The van der Waals surface area contributed by atoms with Gasteiger partial charge in [0.1, 0.15) is 0 Å². The highest BCUT2D eigenvalue weighted by Gasteiger charge is 2.37. The van der Waals surface area contributed by atoms with Gasteiger partial charge in [0.25, 0.3) is 5.91 Å². The summed E-state index contributed by atoms with van der Waals surface area (Å²) >= 11 is 0. The predicted molar refractivity (Wildman–Crippen MR) is 117 cm³/mol. The third kappa shape index (κ3) is 4.70. The molecular formula is C24H29N3O3. The molecule has 1 fully saturated rings. The molecule has 1 aliphatic rings. The van der Waals surface area contributed by atoms with E-state index in [9.17, 15) is 14.4 Å². The number of amides is 3. The first-order valence-electron chi connectivity index (χ1n) is 10.5. The molecular weight excluding hydrogens is 378 g/mol. The van der Waals surface area contributed by atoms with Crippen LogP contribution in [0.25, 0.3) is 0 Å². The average Bonchev–Trinajstić information content (AvgIpc) is 3.17. The van der Waals surface area contributed by atoms with Crippen LogP contribution in [0.4, 0.5) is 5.69 Å². The Morgan fingerprint density at radius 2 is 1.70 bits per heavy atom. The Morgan fingerprint density at radius 1 is 1.07 bits per heavy atom. The Bertz CT molecular complexity index is 892. The van der Waals surface area contributed by atoms with E-state index in [0.717, 1.165) is 5.56 Å². The first-order chi connectivity index (χ1) is 14.4. The number of carbonyl (C=O) groups excluding carboxylic acids is 3. The lowest BCUT2D eigenvalue weighted by molar-refractivity contribution is -0.129. The highest BCUT2D eigenvalue weighted by atomic mass is 16.2. The molecule has 2 atom stereocenters. The lowest BCUT2D eigenvalue weighted by atomic mass is 10.1. The van der Waals surface area contributed by atoms with Crippen LogP contribution in [0.2, 0.25) is 0 Å². The lowest BCUT2D eigenvalue weighted by Crippen LogP contribution is -2.31. The molecule has 0 spiro atoms. The standard InChI is InChI=1S/C24H29N3O3/c1-4-26(5-2)24(30)19-11-13-21(14-12-19)25-23(29)20-15-22(28)27(16-20)17(3)18-9-7-6-8-10-18/h6-14,17,20H,4-5,15-16H2,1-3H3,(H,25,29)/t17-,20-/m0/s1. The van der Waals surface area contributed by atoms with Crippen molar-refractivity contribution in [1.82, 2.24) is 9.80 Å². The Kier molecular flexibility index (Phi) is 6.87. The second-order valence-corrected chi connectivity index (χ2v) is 7.58. The number of benzene rings is 2. The third-order valence-corrected chi connectivity index (χ3v) is 5.73. The van der Waals surface area contributed by atoms with Crippen LogP contribution in [-0.2, 0) is 9.59 Å². The lowest BCUT2D eigenvalue weighted by Gasteiger charge is -2.25. The molecule has 2 aromatic rings. The minimum absolute atomic E-state index is 0.00771. The Labute approximate surface area is 177 Å². The van der Waals surface area contributed by atoms with Crippen molar-refractivity contribution in [2.24, 2.45) is 5.92 Å². The van der Waals surface area contributed by atoms with Gasteiger partial charge < -0.3 is 15.1 Å². The summed E-state index contributed by atoms with van der Waals surface area (Å²) in [6.07, 6.45) is 0.210. The molecule has 1 aliphatic heterocycles. The van der Waals surface area contributed by atoms with E-state index < -0.39 is 0 Å². The zero-order valence-electron chi connectivity index (χ0n) is 17.8. The maximum absolute atomic E-state index is 12.7. The molecule has 2 aromatic carbocycles. The quantitative estimate of drug-likeness (QED) is 0.761. The number of likely N-dealkylation sites (tertiary alicyclic amines) is 1. The monoisotopic (exact) mass is 407 g/mol. The van der Waals surface area contributed by atoms with Gasteiger partial charge in [-0.1, -0.05) is 30.3 Å². The summed E-state index contributed by atoms with van der Waals surface area (Å²) in [4.78, 5) is 41.1.